The number of ketones is 1. The number of hydrogen-bond acceptors (Lipinski definition) is 3. The maximum absolute atomic E-state index is 13.3. The molecule has 0 saturated carbocycles. The minimum atomic E-state index is -3.79. The molecule has 0 unspecified atom stereocenters. The first-order chi connectivity index (χ1) is 12.9. The summed E-state index contributed by atoms with van der Waals surface area (Å²) < 4.78 is 28.1. The van der Waals surface area contributed by atoms with Gasteiger partial charge in [-0.2, -0.15) is 0 Å². The molecule has 0 heterocycles. The number of carbonyl (C=O) groups excluding carboxylic acids is 1. The molecule has 3 aromatic carbocycles. The fourth-order valence-corrected chi connectivity index (χ4v) is 4.22. The fourth-order valence-electron chi connectivity index (χ4n) is 2.76. The summed E-state index contributed by atoms with van der Waals surface area (Å²) in [6.45, 7) is 3.64. The first-order valence-corrected chi connectivity index (χ1v) is 10.1. The van der Waals surface area contributed by atoms with Crippen molar-refractivity contribution in [2.24, 2.45) is 0 Å². The molecule has 0 aliphatic rings. The van der Waals surface area contributed by atoms with Crippen molar-refractivity contribution in [1.82, 2.24) is 0 Å². The monoisotopic (exact) mass is 379 g/mol. The van der Waals surface area contributed by atoms with Gasteiger partial charge in [0.2, 0.25) is 0 Å². The third kappa shape index (κ3) is 4.26. The molecule has 0 aliphatic heterocycles. The number of anilines is 1. The van der Waals surface area contributed by atoms with Crippen LogP contribution in [0.5, 0.6) is 0 Å². The van der Waals surface area contributed by atoms with Gasteiger partial charge in [-0.3, -0.25) is 9.10 Å². The summed E-state index contributed by atoms with van der Waals surface area (Å²) >= 11 is 0. The Kier molecular flexibility index (Phi) is 5.42. The van der Waals surface area contributed by atoms with Crippen LogP contribution in [0.2, 0.25) is 0 Å². The molecule has 0 N–H and O–H groups in total. The quantitative estimate of drug-likeness (QED) is 0.589. The molecule has 0 fully saturated rings. The molecule has 0 amide bonds. The van der Waals surface area contributed by atoms with Gasteiger partial charge in [0.05, 0.1) is 17.1 Å². The summed E-state index contributed by atoms with van der Waals surface area (Å²) in [6.07, 6.45) is 0. The molecule has 0 aliphatic carbocycles. The van der Waals surface area contributed by atoms with Gasteiger partial charge in [0, 0.05) is 5.56 Å². The van der Waals surface area contributed by atoms with Crippen molar-refractivity contribution >= 4 is 21.5 Å². The summed E-state index contributed by atoms with van der Waals surface area (Å²) in [5.74, 6) is -0.0985. The summed E-state index contributed by atoms with van der Waals surface area (Å²) in [6, 6.07) is 22.9. The Hall–Kier alpha value is -2.92. The van der Waals surface area contributed by atoms with E-state index in [-0.39, 0.29) is 17.2 Å². The van der Waals surface area contributed by atoms with E-state index in [4.69, 9.17) is 0 Å². The van der Waals surface area contributed by atoms with E-state index in [0.717, 1.165) is 11.1 Å². The standard InChI is InChI=1S/C22H21NO3S/c1-17-8-12-21(13-9-17)23(16-19-6-4-3-5-7-19)27(25,26)22-14-10-20(11-15-22)18(2)24/h3-15H,16H2,1-2H3. The van der Waals surface area contributed by atoms with Gasteiger partial charge in [0.15, 0.2) is 5.78 Å². The van der Waals surface area contributed by atoms with Crippen LogP contribution in [0.15, 0.2) is 83.8 Å². The molecule has 3 aromatic rings. The van der Waals surface area contributed by atoms with E-state index in [1.54, 1.807) is 24.3 Å². The van der Waals surface area contributed by atoms with Crippen molar-refractivity contribution < 1.29 is 13.2 Å². The molecule has 3 rings (SSSR count). The molecule has 0 radical (unpaired) electrons. The Balaban J connectivity index is 2.04. The number of rotatable bonds is 6. The second kappa shape index (κ2) is 7.76. The lowest BCUT2D eigenvalue weighted by molar-refractivity contribution is 0.101. The number of benzene rings is 3. The van der Waals surface area contributed by atoms with Crippen LogP contribution in [0.25, 0.3) is 0 Å². The smallest absolute Gasteiger partial charge is 0.264 e. The zero-order valence-electron chi connectivity index (χ0n) is 15.3. The van der Waals surface area contributed by atoms with Gasteiger partial charge in [-0.15, -0.1) is 0 Å². The first-order valence-electron chi connectivity index (χ1n) is 8.62. The lowest BCUT2D eigenvalue weighted by Gasteiger charge is -2.25. The number of Topliss-reactive ketones (excluding diaryl/α,β-unsaturated/α-hetero) is 1. The molecule has 0 spiro atoms. The van der Waals surface area contributed by atoms with Crippen LogP contribution in [0, 0.1) is 6.92 Å². The second-order valence-electron chi connectivity index (χ2n) is 6.41. The molecule has 0 atom stereocenters. The SMILES string of the molecule is CC(=O)c1ccc(S(=O)(=O)N(Cc2ccccc2)c2ccc(C)cc2)cc1. The van der Waals surface area contributed by atoms with Crippen molar-refractivity contribution in [2.75, 3.05) is 4.31 Å². The number of sulfonamides is 1. The van der Waals surface area contributed by atoms with Crippen LogP contribution in [0.1, 0.15) is 28.4 Å². The maximum atomic E-state index is 13.3. The predicted molar refractivity (Wildman–Crippen MR) is 107 cm³/mol. The van der Waals surface area contributed by atoms with E-state index in [9.17, 15) is 13.2 Å². The van der Waals surface area contributed by atoms with Crippen LogP contribution in [-0.2, 0) is 16.6 Å². The van der Waals surface area contributed by atoms with Crippen LogP contribution in [-0.4, -0.2) is 14.2 Å². The van der Waals surface area contributed by atoms with Crippen molar-refractivity contribution in [3.8, 4) is 0 Å². The van der Waals surface area contributed by atoms with E-state index < -0.39 is 10.0 Å². The Bertz CT molecular complexity index is 1030. The third-order valence-electron chi connectivity index (χ3n) is 4.34. The van der Waals surface area contributed by atoms with Gasteiger partial charge in [-0.25, -0.2) is 8.42 Å². The summed E-state index contributed by atoms with van der Waals surface area (Å²) in [5.41, 5.74) is 3.03. The average Bonchev–Trinajstić information content (AvgIpc) is 2.68. The highest BCUT2D eigenvalue weighted by molar-refractivity contribution is 7.92. The first kappa shape index (κ1) is 18.9. The number of nitrogens with zero attached hydrogens (tertiary/aromatic N) is 1. The second-order valence-corrected chi connectivity index (χ2v) is 8.28. The highest BCUT2D eigenvalue weighted by Gasteiger charge is 2.25. The molecule has 0 bridgehead atoms. The van der Waals surface area contributed by atoms with Crippen LogP contribution >= 0.6 is 0 Å². The van der Waals surface area contributed by atoms with Gasteiger partial charge in [-0.1, -0.05) is 60.2 Å². The van der Waals surface area contributed by atoms with Crippen molar-refractivity contribution in [3.05, 3.63) is 95.6 Å². The van der Waals surface area contributed by atoms with Crippen molar-refractivity contribution in [1.29, 1.82) is 0 Å². The van der Waals surface area contributed by atoms with Gasteiger partial charge >= 0.3 is 0 Å². The Morgan fingerprint density at radius 1 is 0.852 bits per heavy atom. The normalized spacial score (nSPS) is 11.2. The zero-order valence-corrected chi connectivity index (χ0v) is 16.1. The van der Waals surface area contributed by atoms with E-state index in [2.05, 4.69) is 0 Å². The van der Waals surface area contributed by atoms with Gasteiger partial charge in [0.1, 0.15) is 0 Å². The Labute approximate surface area is 160 Å². The average molecular weight is 379 g/mol. The molecule has 138 valence electrons. The molecule has 0 saturated heterocycles. The van der Waals surface area contributed by atoms with E-state index in [1.807, 2.05) is 49.4 Å². The molecule has 4 nitrogen and oxygen atoms in total. The minimum Gasteiger partial charge on any atom is -0.295 e. The summed E-state index contributed by atoms with van der Waals surface area (Å²) in [4.78, 5) is 11.6. The van der Waals surface area contributed by atoms with Crippen LogP contribution in [0.3, 0.4) is 0 Å². The summed E-state index contributed by atoms with van der Waals surface area (Å²) in [7, 11) is -3.79. The molecule has 5 heteroatoms. The van der Waals surface area contributed by atoms with Crippen molar-refractivity contribution in [2.45, 2.75) is 25.3 Å². The lowest BCUT2D eigenvalue weighted by atomic mass is 10.2. The zero-order chi connectivity index (χ0) is 19.4. The maximum Gasteiger partial charge on any atom is 0.264 e. The number of carbonyl (C=O) groups is 1. The molecule has 0 aromatic heterocycles. The topological polar surface area (TPSA) is 54.5 Å². The third-order valence-corrected chi connectivity index (χ3v) is 6.13. The minimum absolute atomic E-state index is 0.0985. The van der Waals surface area contributed by atoms with Crippen LogP contribution in [0.4, 0.5) is 5.69 Å². The molecule has 27 heavy (non-hydrogen) atoms. The lowest BCUT2D eigenvalue weighted by Crippen LogP contribution is -2.30. The number of aryl methyl sites for hydroxylation is 1. The largest absolute Gasteiger partial charge is 0.295 e. The number of hydrogen-bond donors (Lipinski definition) is 0. The highest BCUT2D eigenvalue weighted by Crippen LogP contribution is 2.26. The van der Waals surface area contributed by atoms with Gasteiger partial charge in [0.25, 0.3) is 10.0 Å². The van der Waals surface area contributed by atoms with Gasteiger partial charge < -0.3 is 0 Å². The Morgan fingerprint density at radius 3 is 2.00 bits per heavy atom. The molecular weight excluding hydrogens is 358 g/mol. The van der Waals surface area contributed by atoms with Crippen LogP contribution < -0.4 is 4.31 Å². The van der Waals surface area contributed by atoms with E-state index >= 15 is 0 Å². The Morgan fingerprint density at radius 2 is 1.44 bits per heavy atom. The van der Waals surface area contributed by atoms with E-state index in [1.165, 1.54) is 23.4 Å². The van der Waals surface area contributed by atoms with Gasteiger partial charge in [-0.05, 0) is 43.7 Å². The highest BCUT2D eigenvalue weighted by atomic mass is 32.2. The fraction of sp³-hybridized carbons (Fsp3) is 0.136. The predicted octanol–water partition coefficient (Wildman–Crippen LogP) is 4.59. The summed E-state index contributed by atoms with van der Waals surface area (Å²) in [5, 5.41) is 0. The van der Waals surface area contributed by atoms with E-state index in [0.29, 0.717) is 11.3 Å². The van der Waals surface area contributed by atoms with Crippen molar-refractivity contribution in [3.63, 3.8) is 0 Å². The molecular formula is C22H21NO3S.